The van der Waals surface area contributed by atoms with Crippen molar-refractivity contribution >= 4 is 0 Å². The zero-order valence-electron chi connectivity index (χ0n) is 14.2. The highest BCUT2D eigenvalue weighted by Crippen LogP contribution is 2.37. The summed E-state index contributed by atoms with van der Waals surface area (Å²) >= 11 is 0. The first-order chi connectivity index (χ1) is 12.2. The maximum absolute atomic E-state index is 14.7. The van der Waals surface area contributed by atoms with E-state index in [4.69, 9.17) is 9.84 Å². The van der Waals surface area contributed by atoms with Crippen LogP contribution in [0.1, 0.15) is 12.6 Å². The summed E-state index contributed by atoms with van der Waals surface area (Å²) in [5, 5.41) is 8.20. The largest absolute Gasteiger partial charge is 0.497 e. The molecule has 4 rings (SSSR count). The van der Waals surface area contributed by atoms with E-state index >= 15 is 0 Å². The molecule has 0 amide bonds. The van der Waals surface area contributed by atoms with E-state index in [1.165, 1.54) is 13.2 Å². The molecule has 6 heteroatoms. The van der Waals surface area contributed by atoms with Crippen molar-refractivity contribution in [1.82, 2.24) is 20.1 Å². The first kappa shape index (κ1) is 15.8. The number of hydrogen-bond donors (Lipinski definition) is 1. The van der Waals surface area contributed by atoms with E-state index in [-0.39, 0.29) is 5.82 Å². The lowest BCUT2D eigenvalue weighted by molar-refractivity contribution is 0.390. The van der Waals surface area contributed by atoms with E-state index in [0.29, 0.717) is 29.6 Å². The summed E-state index contributed by atoms with van der Waals surface area (Å²) in [4.78, 5) is 4.09. The van der Waals surface area contributed by atoms with Gasteiger partial charge in [-0.3, -0.25) is 9.67 Å². The normalized spacial score (nSPS) is 16.5. The number of fused-ring (bicyclic) bond motifs is 1. The lowest BCUT2D eigenvalue weighted by atomic mass is 9.98. The predicted octanol–water partition coefficient (Wildman–Crippen LogP) is 3.25. The molecule has 0 spiro atoms. The van der Waals surface area contributed by atoms with E-state index < -0.39 is 0 Å². The lowest BCUT2D eigenvalue weighted by Gasteiger charge is -2.22. The van der Waals surface area contributed by atoms with Gasteiger partial charge in [0.05, 0.1) is 19.3 Å². The number of hydrogen-bond acceptors (Lipinski definition) is 4. The van der Waals surface area contributed by atoms with E-state index in [1.807, 2.05) is 16.8 Å². The molecule has 1 N–H and O–H groups in total. The number of aromatic nitrogens is 3. The average molecular weight is 338 g/mol. The number of halogens is 1. The van der Waals surface area contributed by atoms with Crippen LogP contribution >= 0.6 is 0 Å². The maximum Gasteiger partial charge on any atom is 0.136 e. The Morgan fingerprint density at radius 1 is 1.24 bits per heavy atom. The molecule has 2 aromatic heterocycles. The van der Waals surface area contributed by atoms with Gasteiger partial charge < -0.3 is 10.1 Å². The van der Waals surface area contributed by atoms with Gasteiger partial charge in [0.1, 0.15) is 17.3 Å². The molecule has 128 valence electrons. The molecule has 1 aromatic carbocycles. The minimum Gasteiger partial charge on any atom is -0.497 e. The average Bonchev–Trinajstić information content (AvgIpc) is 3.00. The molecule has 1 aliphatic heterocycles. The molecule has 0 saturated heterocycles. The number of methoxy groups -OCH3 is 1. The van der Waals surface area contributed by atoms with Crippen LogP contribution in [-0.4, -0.2) is 27.9 Å². The summed E-state index contributed by atoms with van der Waals surface area (Å²) in [6.07, 6.45) is 3.48. The van der Waals surface area contributed by atoms with Gasteiger partial charge in [-0.25, -0.2) is 4.39 Å². The van der Waals surface area contributed by atoms with E-state index in [9.17, 15) is 4.39 Å². The maximum atomic E-state index is 14.7. The number of pyridine rings is 1. The molecule has 1 aliphatic rings. The van der Waals surface area contributed by atoms with Crippen molar-refractivity contribution in [3.63, 3.8) is 0 Å². The highest BCUT2D eigenvalue weighted by molar-refractivity contribution is 5.83. The SMILES string of the molecule is COc1ccc(-c2nn3c(c2-c2ccncc2)CNC(C)C3)c(F)c1. The minimum absolute atomic E-state index is 0.325. The van der Waals surface area contributed by atoms with Crippen LogP contribution in [0.3, 0.4) is 0 Å². The summed E-state index contributed by atoms with van der Waals surface area (Å²) in [5.74, 6) is 0.150. The van der Waals surface area contributed by atoms with Crippen LogP contribution in [0.4, 0.5) is 4.39 Å². The van der Waals surface area contributed by atoms with Crippen LogP contribution in [0.2, 0.25) is 0 Å². The number of rotatable bonds is 3. The second kappa shape index (κ2) is 6.29. The molecule has 3 heterocycles. The van der Waals surface area contributed by atoms with Gasteiger partial charge in [0.2, 0.25) is 0 Å². The van der Waals surface area contributed by atoms with Crippen LogP contribution in [0.15, 0.2) is 42.7 Å². The Hall–Kier alpha value is -2.73. The molecular weight excluding hydrogens is 319 g/mol. The predicted molar refractivity (Wildman–Crippen MR) is 93.7 cm³/mol. The van der Waals surface area contributed by atoms with Crippen molar-refractivity contribution in [2.75, 3.05) is 7.11 Å². The molecular formula is C19H19FN4O. The summed E-state index contributed by atoms with van der Waals surface area (Å²) in [5.41, 5.74) is 4.12. The number of ether oxygens (including phenoxy) is 1. The lowest BCUT2D eigenvalue weighted by Crippen LogP contribution is -2.36. The molecule has 5 nitrogen and oxygen atoms in total. The van der Waals surface area contributed by atoms with Crippen molar-refractivity contribution < 1.29 is 9.13 Å². The fourth-order valence-corrected chi connectivity index (χ4v) is 3.25. The van der Waals surface area contributed by atoms with Crippen molar-refractivity contribution in [3.8, 4) is 28.1 Å². The van der Waals surface area contributed by atoms with Crippen molar-refractivity contribution in [1.29, 1.82) is 0 Å². The number of nitrogens with zero attached hydrogens (tertiary/aromatic N) is 3. The Labute approximate surface area is 145 Å². The quantitative estimate of drug-likeness (QED) is 0.796. The Bertz CT molecular complexity index is 907. The molecule has 1 unspecified atom stereocenters. The van der Waals surface area contributed by atoms with Gasteiger partial charge in [-0.1, -0.05) is 0 Å². The second-order valence-electron chi connectivity index (χ2n) is 6.22. The number of nitrogens with one attached hydrogen (secondary N) is 1. The van der Waals surface area contributed by atoms with Crippen LogP contribution in [0.5, 0.6) is 5.75 Å². The summed E-state index contributed by atoms with van der Waals surface area (Å²) in [6.45, 7) is 3.57. The van der Waals surface area contributed by atoms with Gasteiger partial charge in [0.15, 0.2) is 0 Å². The van der Waals surface area contributed by atoms with Gasteiger partial charge in [-0.15, -0.1) is 0 Å². The third kappa shape index (κ3) is 2.78. The topological polar surface area (TPSA) is 52.0 Å². The first-order valence-electron chi connectivity index (χ1n) is 8.24. The Kier molecular flexibility index (Phi) is 3.97. The Balaban J connectivity index is 1.93. The highest BCUT2D eigenvalue weighted by atomic mass is 19.1. The van der Waals surface area contributed by atoms with Crippen LogP contribution in [0, 0.1) is 5.82 Å². The van der Waals surface area contributed by atoms with Gasteiger partial charge in [-0.05, 0) is 36.8 Å². The second-order valence-corrected chi connectivity index (χ2v) is 6.22. The summed E-state index contributed by atoms with van der Waals surface area (Å²) in [7, 11) is 1.53. The van der Waals surface area contributed by atoms with E-state index in [0.717, 1.165) is 23.4 Å². The zero-order valence-corrected chi connectivity index (χ0v) is 14.2. The van der Waals surface area contributed by atoms with Crippen molar-refractivity contribution in [2.45, 2.75) is 26.1 Å². The molecule has 1 atom stereocenters. The van der Waals surface area contributed by atoms with Crippen LogP contribution in [0.25, 0.3) is 22.4 Å². The van der Waals surface area contributed by atoms with Crippen LogP contribution in [-0.2, 0) is 13.1 Å². The standard InChI is InChI=1S/C19H19FN4O/c1-12-11-24-17(10-22-12)18(13-5-7-21-8-6-13)19(23-24)15-4-3-14(25-2)9-16(15)20/h3-9,12,22H,10-11H2,1-2H3. The Morgan fingerprint density at radius 3 is 2.76 bits per heavy atom. The molecule has 3 aromatic rings. The fraction of sp³-hybridized carbons (Fsp3) is 0.263. The van der Waals surface area contributed by atoms with Gasteiger partial charge >= 0.3 is 0 Å². The van der Waals surface area contributed by atoms with Crippen molar-refractivity contribution in [2.24, 2.45) is 0 Å². The fourth-order valence-electron chi connectivity index (χ4n) is 3.25. The van der Waals surface area contributed by atoms with Crippen LogP contribution < -0.4 is 10.1 Å². The van der Waals surface area contributed by atoms with Crippen molar-refractivity contribution in [3.05, 3.63) is 54.2 Å². The molecule has 0 saturated carbocycles. The number of benzene rings is 1. The smallest absolute Gasteiger partial charge is 0.136 e. The summed E-state index contributed by atoms with van der Waals surface area (Å²) in [6, 6.07) is 9.07. The molecule has 25 heavy (non-hydrogen) atoms. The molecule has 0 bridgehead atoms. The Morgan fingerprint density at radius 2 is 2.04 bits per heavy atom. The highest BCUT2D eigenvalue weighted by Gasteiger charge is 2.26. The summed E-state index contributed by atoms with van der Waals surface area (Å²) < 4.78 is 21.8. The minimum atomic E-state index is -0.342. The third-order valence-corrected chi connectivity index (χ3v) is 4.52. The first-order valence-corrected chi connectivity index (χ1v) is 8.24. The van der Waals surface area contributed by atoms with E-state index in [1.54, 1.807) is 24.5 Å². The third-order valence-electron chi connectivity index (χ3n) is 4.52. The van der Waals surface area contributed by atoms with E-state index in [2.05, 4.69) is 17.2 Å². The molecule has 0 aliphatic carbocycles. The van der Waals surface area contributed by atoms with Gasteiger partial charge in [-0.2, -0.15) is 5.10 Å². The van der Waals surface area contributed by atoms with Gasteiger partial charge in [0, 0.05) is 42.2 Å². The molecule has 0 fully saturated rings. The monoisotopic (exact) mass is 338 g/mol. The zero-order chi connectivity index (χ0) is 17.4. The van der Waals surface area contributed by atoms with Gasteiger partial charge in [0.25, 0.3) is 0 Å². The molecule has 0 radical (unpaired) electrons.